The number of oxazole rings is 1. The smallest absolute Gasteiger partial charge is 0.228 e. The molecule has 1 aromatic heterocycles. The van der Waals surface area contributed by atoms with Crippen LogP contribution in [-0.4, -0.2) is 43.1 Å². The average molecular weight is 380 g/mol. The summed E-state index contributed by atoms with van der Waals surface area (Å²) >= 11 is 0. The molecule has 3 rings (SSSR count). The minimum absolute atomic E-state index is 0.0420. The Morgan fingerprint density at radius 2 is 1.75 bits per heavy atom. The van der Waals surface area contributed by atoms with Crippen LogP contribution in [0.4, 0.5) is 0 Å². The maximum atomic E-state index is 12.5. The Labute approximate surface area is 164 Å². The first-order chi connectivity index (χ1) is 13.6. The van der Waals surface area contributed by atoms with E-state index in [-0.39, 0.29) is 12.3 Å². The number of carbonyl (C=O) groups is 1. The van der Waals surface area contributed by atoms with Crippen molar-refractivity contribution in [1.82, 2.24) is 9.88 Å². The summed E-state index contributed by atoms with van der Waals surface area (Å²) in [5.74, 6) is 2.47. The summed E-state index contributed by atoms with van der Waals surface area (Å²) in [5.41, 5.74) is 1.55. The predicted octanol–water partition coefficient (Wildman–Crippen LogP) is 3.74. The highest BCUT2D eigenvalue weighted by Gasteiger charge is 2.17. The Morgan fingerprint density at radius 1 is 1.07 bits per heavy atom. The van der Waals surface area contributed by atoms with Crippen molar-refractivity contribution >= 4 is 5.91 Å². The van der Waals surface area contributed by atoms with Gasteiger partial charge in [-0.1, -0.05) is 30.3 Å². The third-order valence-corrected chi connectivity index (χ3v) is 4.41. The molecule has 0 aliphatic heterocycles. The van der Waals surface area contributed by atoms with E-state index in [1.54, 1.807) is 19.1 Å². The van der Waals surface area contributed by atoms with Crippen LogP contribution in [0.2, 0.25) is 0 Å². The first-order valence-electron chi connectivity index (χ1n) is 9.10. The van der Waals surface area contributed by atoms with Gasteiger partial charge < -0.3 is 18.8 Å². The van der Waals surface area contributed by atoms with Gasteiger partial charge in [0, 0.05) is 12.6 Å². The van der Waals surface area contributed by atoms with Gasteiger partial charge in [0.15, 0.2) is 11.5 Å². The zero-order chi connectivity index (χ0) is 19.9. The molecule has 0 aliphatic carbocycles. The third-order valence-electron chi connectivity index (χ3n) is 4.41. The van der Waals surface area contributed by atoms with E-state index in [0.717, 1.165) is 5.56 Å². The lowest BCUT2D eigenvalue weighted by Gasteiger charge is -2.17. The van der Waals surface area contributed by atoms with Crippen LogP contribution in [0.1, 0.15) is 11.5 Å². The van der Waals surface area contributed by atoms with Crippen LogP contribution in [-0.2, 0) is 11.2 Å². The zero-order valence-corrected chi connectivity index (χ0v) is 16.3. The number of nitrogens with zero attached hydrogens (tertiary/aromatic N) is 2. The van der Waals surface area contributed by atoms with Crippen molar-refractivity contribution in [2.45, 2.75) is 13.3 Å². The van der Waals surface area contributed by atoms with Crippen LogP contribution in [0.3, 0.4) is 0 Å². The summed E-state index contributed by atoms with van der Waals surface area (Å²) in [6.07, 6.45) is 0.188. The van der Waals surface area contributed by atoms with Crippen molar-refractivity contribution in [3.05, 3.63) is 66.1 Å². The molecule has 0 N–H and O–H groups in total. The molecule has 0 bridgehead atoms. The third kappa shape index (κ3) is 4.71. The van der Waals surface area contributed by atoms with Crippen molar-refractivity contribution in [2.75, 3.05) is 27.3 Å². The number of likely N-dealkylation sites (N-methyl/N-ethyl adjacent to an activating group) is 1. The van der Waals surface area contributed by atoms with Crippen LogP contribution in [0.5, 0.6) is 11.5 Å². The molecule has 0 atom stereocenters. The fraction of sp³-hybridized carbons (Fsp3) is 0.273. The fourth-order valence-electron chi connectivity index (χ4n) is 2.73. The molecule has 6 nitrogen and oxygen atoms in total. The lowest BCUT2D eigenvalue weighted by atomic mass is 10.2. The number of carbonyl (C=O) groups excluding carboxylic acids is 1. The fourth-order valence-corrected chi connectivity index (χ4v) is 2.73. The molecule has 0 aliphatic rings. The highest BCUT2D eigenvalue weighted by atomic mass is 16.5. The minimum atomic E-state index is -0.0420. The van der Waals surface area contributed by atoms with E-state index in [2.05, 4.69) is 4.98 Å². The molecular formula is C22H24N2O4. The molecular weight excluding hydrogens is 356 g/mol. The Balaban J connectivity index is 1.55. The van der Waals surface area contributed by atoms with Gasteiger partial charge in [0.2, 0.25) is 11.8 Å². The summed E-state index contributed by atoms with van der Waals surface area (Å²) < 4.78 is 16.7. The van der Waals surface area contributed by atoms with Gasteiger partial charge >= 0.3 is 0 Å². The number of rotatable bonds is 8. The van der Waals surface area contributed by atoms with Gasteiger partial charge in [-0.15, -0.1) is 0 Å². The maximum Gasteiger partial charge on any atom is 0.228 e. The number of aromatic nitrogens is 1. The molecule has 1 amide bonds. The van der Waals surface area contributed by atoms with Crippen molar-refractivity contribution in [1.29, 1.82) is 0 Å². The van der Waals surface area contributed by atoms with Crippen molar-refractivity contribution in [2.24, 2.45) is 0 Å². The van der Waals surface area contributed by atoms with E-state index in [1.807, 2.05) is 61.5 Å². The quantitative estimate of drug-likeness (QED) is 0.596. The number of methoxy groups -OCH3 is 1. The van der Waals surface area contributed by atoms with Crippen LogP contribution in [0.25, 0.3) is 11.5 Å². The molecule has 1 heterocycles. The van der Waals surface area contributed by atoms with Crippen LogP contribution >= 0.6 is 0 Å². The summed E-state index contributed by atoms with van der Waals surface area (Å²) in [6.45, 7) is 2.65. The topological polar surface area (TPSA) is 64.8 Å². The van der Waals surface area contributed by atoms with E-state index in [1.165, 1.54) is 0 Å². The van der Waals surface area contributed by atoms with Gasteiger partial charge in [-0.25, -0.2) is 4.98 Å². The molecule has 0 fully saturated rings. The molecule has 0 saturated carbocycles. The molecule has 0 spiro atoms. The SMILES string of the molecule is COc1ccccc1OCCN(C)C(=O)Cc1nc(-c2ccccc2)oc1C. The summed E-state index contributed by atoms with van der Waals surface area (Å²) in [5, 5.41) is 0. The molecule has 28 heavy (non-hydrogen) atoms. The summed E-state index contributed by atoms with van der Waals surface area (Å²) in [7, 11) is 3.35. The van der Waals surface area contributed by atoms with Crippen molar-refractivity contribution in [3.63, 3.8) is 0 Å². The zero-order valence-electron chi connectivity index (χ0n) is 16.3. The first kappa shape index (κ1) is 19.5. The molecule has 2 aromatic carbocycles. The second-order valence-corrected chi connectivity index (χ2v) is 6.38. The van der Waals surface area contributed by atoms with Crippen molar-refractivity contribution < 1.29 is 18.7 Å². The van der Waals surface area contributed by atoms with Gasteiger partial charge in [0.05, 0.1) is 25.8 Å². The summed E-state index contributed by atoms with van der Waals surface area (Å²) in [6, 6.07) is 17.1. The van der Waals surface area contributed by atoms with E-state index in [0.29, 0.717) is 42.0 Å². The molecule has 3 aromatic rings. The van der Waals surface area contributed by atoms with Gasteiger partial charge in [0.1, 0.15) is 12.4 Å². The molecule has 6 heteroatoms. The number of hydrogen-bond acceptors (Lipinski definition) is 5. The Morgan fingerprint density at radius 3 is 2.46 bits per heavy atom. The Bertz CT molecular complexity index is 921. The average Bonchev–Trinajstić information content (AvgIpc) is 3.09. The lowest BCUT2D eigenvalue weighted by molar-refractivity contribution is -0.129. The highest BCUT2D eigenvalue weighted by molar-refractivity contribution is 5.78. The van der Waals surface area contributed by atoms with Gasteiger partial charge in [-0.2, -0.15) is 0 Å². The number of ether oxygens (including phenoxy) is 2. The normalized spacial score (nSPS) is 10.5. The maximum absolute atomic E-state index is 12.5. The van der Waals surface area contributed by atoms with Crippen LogP contribution < -0.4 is 9.47 Å². The molecule has 146 valence electrons. The van der Waals surface area contributed by atoms with Crippen molar-refractivity contribution in [3.8, 4) is 23.0 Å². The van der Waals surface area contributed by atoms with Crippen LogP contribution in [0.15, 0.2) is 59.0 Å². The van der Waals surface area contributed by atoms with Crippen LogP contribution in [0, 0.1) is 6.92 Å². The Kier molecular flexibility index (Phi) is 6.32. The van der Waals surface area contributed by atoms with E-state index < -0.39 is 0 Å². The number of benzene rings is 2. The van der Waals surface area contributed by atoms with E-state index in [9.17, 15) is 4.79 Å². The standard InChI is InChI=1S/C22H24N2O4/c1-16-18(23-22(28-16)17-9-5-4-6-10-17)15-21(25)24(2)13-14-27-20-12-8-7-11-19(20)26-3/h4-12H,13-15H2,1-3H3. The minimum Gasteiger partial charge on any atom is -0.493 e. The van der Waals surface area contributed by atoms with E-state index >= 15 is 0 Å². The largest absolute Gasteiger partial charge is 0.493 e. The molecule has 0 saturated heterocycles. The summed E-state index contributed by atoms with van der Waals surface area (Å²) in [4.78, 5) is 18.7. The monoisotopic (exact) mass is 380 g/mol. The molecule has 0 unspecified atom stereocenters. The molecule has 0 radical (unpaired) electrons. The predicted molar refractivity (Wildman–Crippen MR) is 107 cm³/mol. The number of aryl methyl sites for hydroxylation is 1. The lowest BCUT2D eigenvalue weighted by Crippen LogP contribution is -2.32. The highest BCUT2D eigenvalue weighted by Crippen LogP contribution is 2.25. The van der Waals surface area contributed by atoms with Gasteiger partial charge in [0.25, 0.3) is 0 Å². The van der Waals surface area contributed by atoms with E-state index in [4.69, 9.17) is 13.9 Å². The number of amides is 1. The van der Waals surface area contributed by atoms with Gasteiger partial charge in [-0.05, 0) is 31.2 Å². The number of hydrogen-bond donors (Lipinski definition) is 0. The first-order valence-corrected chi connectivity index (χ1v) is 9.10. The van der Waals surface area contributed by atoms with Gasteiger partial charge in [-0.3, -0.25) is 4.79 Å². The number of para-hydroxylation sites is 2. The Hall–Kier alpha value is -3.28. The second-order valence-electron chi connectivity index (χ2n) is 6.38. The second kappa shape index (κ2) is 9.08.